The van der Waals surface area contributed by atoms with Crippen molar-refractivity contribution in [1.82, 2.24) is 14.1 Å². The highest BCUT2D eigenvalue weighted by Gasteiger charge is 2.19. The number of nitrogens with zero attached hydrogens (tertiary/aromatic N) is 2. The van der Waals surface area contributed by atoms with Gasteiger partial charge in [-0.1, -0.05) is 6.07 Å². The van der Waals surface area contributed by atoms with E-state index in [1.54, 1.807) is 71.2 Å². The average Bonchev–Trinajstić information content (AvgIpc) is 3.23. The van der Waals surface area contributed by atoms with Crippen LogP contribution < -0.4 is 25.3 Å². The minimum atomic E-state index is -0.207. The number of nitrogens with one attached hydrogen (secondary N) is 1. The lowest BCUT2D eigenvalue weighted by Crippen LogP contribution is -2.18. The van der Waals surface area contributed by atoms with Crippen molar-refractivity contribution < 1.29 is 14.2 Å². The maximum Gasteiger partial charge on any atom is 0.274 e. The first kappa shape index (κ1) is 19.4. The first-order valence-corrected chi connectivity index (χ1v) is 9.21. The van der Waals surface area contributed by atoms with E-state index in [4.69, 9.17) is 14.2 Å². The molecule has 0 spiro atoms. The zero-order valence-electron chi connectivity index (χ0n) is 17.1. The van der Waals surface area contributed by atoms with Gasteiger partial charge in [0.25, 0.3) is 11.1 Å². The van der Waals surface area contributed by atoms with Gasteiger partial charge in [0.15, 0.2) is 17.2 Å². The summed E-state index contributed by atoms with van der Waals surface area (Å²) in [6, 6.07) is 8.61. The minimum Gasteiger partial charge on any atom is -0.493 e. The molecule has 8 nitrogen and oxygen atoms in total. The molecular weight excluding hydrogens is 386 g/mol. The molecule has 0 radical (unpaired) electrons. The first-order chi connectivity index (χ1) is 14.4. The number of aromatic amines is 1. The van der Waals surface area contributed by atoms with Crippen LogP contribution in [0.4, 0.5) is 0 Å². The summed E-state index contributed by atoms with van der Waals surface area (Å²) in [6.07, 6.45) is 4.99. The Bertz CT molecular complexity index is 1340. The van der Waals surface area contributed by atoms with E-state index in [0.717, 1.165) is 0 Å². The summed E-state index contributed by atoms with van der Waals surface area (Å²) in [5, 5.41) is 0.697. The number of pyridine rings is 2. The lowest BCUT2D eigenvalue weighted by atomic mass is 10.0. The van der Waals surface area contributed by atoms with Crippen molar-refractivity contribution >= 4 is 10.9 Å². The number of methoxy groups -OCH3 is 2. The fourth-order valence-electron chi connectivity index (χ4n) is 3.41. The standard InChI is InChI=1S/C22H21N3O5/c1-24-12-18(30-21-16(28-3)6-5-7-17(21)29-4)14(10-19(24)26)15-11-25(2)22(27)20-13(15)8-9-23-20/h5-12,23H,1-4H3. The molecule has 0 fully saturated rings. The largest absolute Gasteiger partial charge is 0.493 e. The SMILES string of the molecule is COc1cccc(OC)c1Oc1cn(C)c(=O)cc1-c1cn(C)c(=O)c2[nH]ccc12. The van der Waals surface area contributed by atoms with E-state index < -0.39 is 0 Å². The molecule has 3 heterocycles. The van der Waals surface area contributed by atoms with E-state index in [-0.39, 0.29) is 11.1 Å². The van der Waals surface area contributed by atoms with Gasteiger partial charge < -0.3 is 28.3 Å². The fraction of sp³-hybridized carbons (Fsp3) is 0.182. The molecule has 0 saturated heterocycles. The number of aryl methyl sites for hydroxylation is 2. The molecule has 8 heteroatoms. The van der Waals surface area contributed by atoms with Crippen LogP contribution in [0.25, 0.3) is 22.0 Å². The lowest BCUT2D eigenvalue weighted by Gasteiger charge is -2.17. The van der Waals surface area contributed by atoms with Gasteiger partial charge in [-0.05, 0) is 18.2 Å². The van der Waals surface area contributed by atoms with Crippen LogP contribution in [0.2, 0.25) is 0 Å². The van der Waals surface area contributed by atoms with Crippen molar-refractivity contribution in [3.63, 3.8) is 0 Å². The van der Waals surface area contributed by atoms with Gasteiger partial charge >= 0.3 is 0 Å². The third kappa shape index (κ3) is 3.12. The molecule has 1 N–H and O–H groups in total. The van der Waals surface area contributed by atoms with Gasteiger partial charge in [0.1, 0.15) is 5.52 Å². The molecular formula is C22H21N3O5. The van der Waals surface area contributed by atoms with Gasteiger partial charge in [-0.2, -0.15) is 0 Å². The molecule has 30 heavy (non-hydrogen) atoms. The summed E-state index contributed by atoms with van der Waals surface area (Å²) in [4.78, 5) is 27.9. The molecule has 0 atom stereocenters. The van der Waals surface area contributed by atoms with Crippen LogP contribution in [0.5, 0.6) is 23.0 Å². The van der Waals surface area contributed by atoms with E-state index in [1.165, 1.54) is 15.2 Å². The third-order valence-corrected chi connectivity index (χ3v) is 4.97. The maximum absolute atomic E-state index is 12.5. The van der Waals surface area contributed by atoms with Gasteiger partial charge in [-0.15, -0.1) is 0 Å². The highest BCUT2D eigenvalue weighted by Crippen LogP contribution is 2.43. The Morgan fingerprint density at radius 1 is 0.867 bits per heavy atom. The van der Waals surface area contributed by atoms with Crippen LogP contribution in [0.15, 0.2) is 58.5 Å². The Morgan fingerprint density at radius 3 is 2.23 bits per heavy atom. The second-order valence-corrected chi connectivity index (χ2v) is 6.82. The van der Waals surface area contributed by atoms with Crippen LogP contribution in [0.1, 0.15) is 0 Å². The molecule has 0 unspecified atom stereocenters. The van der Waals surface area contributed by atoms with Crippen molar-refractivity contribution in [2.45, 2.75) is 0 Å². The lowest BCUT2D eigenvalue weighted by molar-refractivity contribution is 0.346. The number of H-pyrrole nitrogens is 1. The molecule has 4 aromatic rings. The van der Waals surface area contributed by atoms with Crippen LogP contribution >= 0.6 is 0 Å². The highest BCUT2D eigenvalue weighted by atomic mass is 16.5. The normalized spacial score (nSPS) is 10.9. The average molecular weight is 407 g/mol. The monoisotopic (exact) mass is 407 g/mol. The summed E-state index contributed by atoms with van der Waals surface area (Å²) >= 11 is 0. The predicted molar refractivity (Wildman–Crippen MR) is 114 cm³/mol. The molecule has 0 aliphatic carbocycles. The molecule has 0 aliphatic heterocycles. The van der Waals surface area contributed by atoms with Gasteiger partial charge in [0.05, 0.1) is 20.4 Å². The molecule has 0 amide bonds. The second-order valence-electron chi connectivity index (χ2n) is 6.82. The summed E-state index contributed by atoms with van der Waals surface area (Å²) in [5.41, 5.74) is 1.33. The minimum absolute atomic E-state index is 0.156. The summed E-state index contributed by atoms with van der Waals surface area (Å²) in [6.45, 7) is 0. The fourth-order valence-corrected chi connectivity index (χ4v) is 3.41. The molecule has 154 valence electrons. The van der Waals surface area contributed by atoms with E-state index in [2.05, 4.69) is 4.98 Å². The van der Waals surface area contributed by atoms with Crippen LogP contribution in [0.3, 0.4) is 0 Å². The van der Waals surface area contributed by atoms with Crippen molar-refractivity contribution in [3.8, 4) is 34.1 Å². The summed E-state index contributed by atoms with van der Waals surface area (Å²) < 4.78 is 20.0. The molecule has 0 bridgehead atoms. The maximum atomic E-state index is 12.5. The van der Waals surface area contributed by atoms with Gasteiger partial charge in [0.2, 0.25) is 5.75 Å². The molecule has 3 aromatic heterocycles. The molecule has 0 aliphatic rings. The van der Waals surface area contributed by atoms with Crippen molar-refractivity contribution in [3.05, 3.63) is 69.6 Å². The number of fused-ring (bicyclic) bond motifs is 1. The molecule has 0 saturated carbocycles. The van der Waals surface area contributed by atoms with Crippen molar-refractivity contribution in [2.24, 2.45) is 14.1 Å². The third-order valence-electron chi connectivity index (χ3n) is 4.97. The number of hydrogen-bond acceptors (Lipinski definition) is 5. The predicted octanol–water partition coefficient (Wildman–Crippen LogP) is 3.04. The number of ether oxygens (including phenoxy) is 3. The van der Waals surface area contributed by atoms with E-state index in [0.29, 0.717) is 45.0 Å². The molecule has 4 rings (SSSR count). The Hall–Kier alpha value is -3.94. The Balaban J connectivity index is 1.99. The zero-order valence-corrected chi connectivity index (χ0v) is 17.1. The second kappa shape index (κ2) is 7.47. The van der Waals surface area contributed by atoms with E-state index in [1.807, 2.05) is 0 Å². The zero-order chi connectivity index (χ0) is 21.4. The number of para-hydroxylation sites is 1. The number of benzene rings is 1. The van der Waals surface area contributed by atoms with Gasteiger partial charge in [-0.3, -0.25) is 9.59 Å². The van der Waals surface area contributed by atoms with E-state index in [9.17, 15) is 9.59 Å². The van der Waals surface area contributed by atoms with Crippen molar-refractivity contribution in [1.29, 1.82) is 0 Å². The van der Waals surface area contributed by atoms with E-state index >= 15 is 0 Å². The Kier molecular flexibility index (Phi) is 4.83. The number of hydrogen-bond donors (Lipinski definition) is 1. The summed E-state index contributed by atoms with van der Waals surface area (Å²) in [7, 11) is 6.39. The topological polar surface area (TPSA) is 87.5 Å². The van der Waals surface area contributed by atoms with Crippen LogP contribution in [-0.2, 0) is 14.1 Å². The summed E-state index contributed by atoms with van der Waals surface area (Å²) in [5.74, 6) is 1.78. The van der Waals surface area contributed by atoms with Crippen molar-refractivity contribution in [2.75, 3.05) is 14.2 Å². The first-order valence-electron chi connectivity index (χ1n) is 9.21. The smallest absolute Gasteiger partial charge is 0.274 e. The van der Waals surface area contributed by atoms with Gasteiger partial charge in [-0.25, -0.2) is 0 Å². The van der Waals surface area contributed by atoms with Gasteiger partial charge in [0, 0.05) is 49.1 Å². The number of aromatic nitrogens is 3. The quantitative estimate of drug-likeness (QED) is 0.549. The molecule has 1 aromatic carbocycles. The Morgan fingerprint density at radius 2 is 1.57 bits per heavy atom. The van der Waals surface area contributed by atoms with Crippen LogP contribution in [-0.4, -0.2) is 28.3 Å². The highest BCUT2D eigenvalue weighted by molar-refractivity contribution is 5.95. The number of rotatable bonds is 5. The Labute approximate surface area is 171 Å². The van der Waals surface area contributed by atoms with Crippen LogP contribution in [0, 0.1) is 0 Å².